The van der Waals surface area contributed by atoms with Gasteiger partial charge in [0.2, 0.25) is 0 Å². The summed E-state index contributed by atoms with van der Waals surface area (Å²) in [5, 5.41) is 11.1. The van der Waals surface area contributed by atoms with Crippen molar-refractivity contribution < 1.29 is 24.3 Å². The second-order valence-corrected chi connectivity index (χ2v) is 8.40. The molecule has 1 atom stereocenters. The van der Waals surface area contributed by atoms with E-state index in [9.17, 15) is 14.7 Å². The van der Waals surface area contributed by atoms with E-state index in [4.69, 9.17) is 4.74 Å². The first-order chi connectivity index (χ1) is 14.7. The van der Waals surface area contributed by atoms with Gasteiger partial charge in [0.15, 0.2) is 0 Å². The summed E-state index contributed by atoms with van der Waals surface area (Å²) in [6.07, 6.45) is 0.763. The van der Waals surface area contributed by atoms with Crippen molar-refractivity contribution in [1.29, 1.82) is 0 Å². The van der Waals surface area contributed by atoms with Gasteiger partial charge in [0.1, 0.15) is 11.5 Å². The molecule has 3 rings (SSSR count). The molecule has 0 unspecified atom stereocenters. The van der Waals surface area contributed by atoms with E-state index in [1.165, 1.54) is 4.90 Å². The first-order valence-corrected chi connectivity index (χ1v) is 10.5. The van der Waals surface area contributed by atoms with Gasteiger partial charge in [-0.15, -0.1) is 0 Å². The number of hydrogen-bond donors (Lipinski definition) is 2. The normalized spacial score (nSPS) is 18.1. The minimum Gasteiger partial charge on any atom is -0.507 e. The summed E-state index contributed by atoms with van der Waals surface area (Å²) < 4.78 is 5.30. The number of hydrogen-bond acceptors (Lipinski definition) is 4. The lowest BCUT2D eigenvalue weighted by Crippen LogP contribution is -3.05. The Kier molecular flexibility index (Phi) is 6.81. The van der Waals surface area contributed by atoms with Crippen LogP contribution in [0.5, 0.6) is 5.75 Å². The van der Waals surface area contributed by atoms with Gasteiger partial charge in [-0.2, -0.15) is 0 Å². The Morgan fingerprint density at radius 1 is 1.10 bits per heavy atom. The van der Waals surface area contributed by atoms with Gasteiger partial charge < -0.3 is 19.6 Å². The molecule has 0 bridgehead atoms. The molecule has 0 radical (unpaired) electrons. The highest BCUT2D eigenvalue weighted by atomic mass is 16.5. The Balaban J connectivity index is 2.10. The van der Waals surface area contributed by atoms with E-state index in [0.29, 0.717) is 17.9 Å². The van der Waals surface area contributed by atoms with E-state index in [1.54, 1.807) is 30.2 Å². The number of carbonyl (C=O) groups is 2. The summed E-state index contributed by atoms with van der Waals surface area (Å²) in [7, 11) is 5.69. The van der Waals surface area contributed by atoms with Gasteiger partial charge in [-0.3, -0.25) is 9.59 Å². The third kappa shape index (κ3) is 4.64. The lowest BCUT2D eigenvalue weighted by molar-refractivity contribution is -0.858. The number of likely N-dealkylation sites (tertiary alicyclic amines) is 1. The van der Waals surface area contributed by atoms with Gasteiger partial charge in [-0.25, -0.2) is 0 Å². The van der Waals surface area contributed by atoms with Gasteiger partial charge in [0, 0.05) is 18.5 Å². The molecule has 6 heteroatoms. The monoisotopic (exact) mass is 423 g/mol. The van der Waals surface area contributed by atoms with Crippen LogP contribution < -0.4 is 9.64 Å². The van der Waals surface area contributed by atoms with Crippen LogP contribution in [-0.2, 0) is 9.59 Å². The lowest BCUT2D eigenvalue weighted by Gasteiger charge is -2.25. The number of nitrogens with one attached hydrogen (secondary N) is 1. The van der Waals surface area contributed by atoms with E-state index in [-0.39, 0.29) is 11.3 Å². The zero-order chi connectivity index (χ0) is 22.7. The zero-order valence-corrected chi connectivity index (χ0v) is 18.9. The Labute approximate surface area is 183 Å². The third-order valence-corrected chi connectivity index (χ3v) is 5.68. The SMILES string of the molecule is COc1ccc(C(O)=C2C(=O)C(=O)N(CCC[NH+](C)C)[C@H]2c2ccc(C)cc2)cc1C. The summed E-state index contributed by atoms with van der Waals surface area (Å²) in [6, 6.07) is 12.4. The molecule has 2 aromatic rings. The number of ether oxygens (including phenoxy) is 1. The van der Waals surface area contributed by atoms with Crippen molar-refractivity contribution in [3.05, 3.63) is 70.3 Å². The fraction of sp³-hybridized carbons (Fsp3) is 0.360. The molecule has 6 nitrogen and oxygen atoms in total. The van der Waals surface area contributed by atoms with Crippen LogP contribution in [0.1, 0.15) is 34.7 Å². The first-order valence-electron chi connectivity index (χ1n) is 10.5. The maximum atomic E-state index is 13.0. The number of methoxy groups -OCH3 is 1. The maximum Gasteiger partial charge on any atom is 0.295 e. The Hall–Kier alpha value is -3.12. The molecule has 0 aromatic heterocycles. The summed E-state index contributed by atoms with van der Waals surface area (Å²) in [6.45, 7) is 5.18. The second kappa shape index (κ2) is 9.35. The van der Waals surface area contributed by atoms with E-state index in [2.05, 4.69) is 14.1 Å². The van der Waals surface area contributed by atoms with Crippen LogP contribution in [0, 0.1) is 13.8 Å². The van der Waals surface area contributed by atoms with Crippen molar-refractivity contribution in [3.8, 4) is 5.75 Å². The van der Waals surface area contributed by atoms with E-state index < -0.39 is 17.7 Å². The van der Waals surface area contributed by atoms with Gasteiger partial charge >= 0.3 is 0 Å². The number of nitrogens with zero attached hydrogens (tertiary/aromatic N) is 1. The number of carbonyl (C=O) groups excluding carboxylic acids is 2. The molecule has 0 spiro atoms. The quantitative estimate of drug-likeness (QED) is 0.407. The Morgan fingerprint density at radius 2 is 1.77 bits per heavy atom. The summed E-state index contributed by atoms with van der Waals surface area (Å²) in [5.41, 5.74) is 3.36. The molecule has 2 N–H and O–H groups in total. The van der Waals surface area contributed by atoms with Gasteiger partial charge in [0.25, 0.3) is 11.7 Å². The van der Waals surface area contributed by atoms with Crippen LogP contribution >= 0.6 is 0 Å². The molecule has 2 aromatic carbocycles. The van der Waals surface area contributed by atoms with Crippen LogP contribution in [0.2, 0.25) is 0 Å². The number of aryl methyl sites for hydroxylation is 2. The topological polar surface area (TPSA) is 71.3 Å². The molecule has 1 fully saturated rings. The Morgan fingerprint density at radius 3 is 2.35 bits per heavy atom. The number of aliphatic hydroxyl groups excluding tert-OH is 1. The molecule has 1 aliphatic rings. The van der Waals surface area contributed by atoms with Crippen molar-refractivity contribution in [2.75, 3.05) is 34.3 Å². The number of aliphatic hydroxyl groups is 1. The number of quaternary nitrogens is 1. The standard InChI is InChI=1S/C25H30N2O4/c1-16-7-9-18(10-8-16)22-21(23(28)19-11-12-20(31-5)17(2)15-19)24(29)25(30)27(22)14-6-13-26(3)4/h7-12,15,22,28H,6,13-14H2,1-5H3/p+1/t22-/m0/s1. The molecule has 0 saturated carbocycles. The second-order valence-electron chi connectivity index (χ2n) is 8.40. The van der Waals surface area contributed by atoms with Gasteiger partial charge in [0.05, 0.1) is 39.4 Å². The van der Waals surface area contributed by atoms with Crippen molar-refractivity contribution in [2.45, 2.75) is 26.3 Å². The number of ketones is 1. The summed E-state index contributed by atoms with van der Waals surface area (Å²) >= 11 is 0. The van der Waals surface area contributed by atoms with E-state index in [0.717, 1.165) is 29.7 Å². The highest BCUT2D eigenvalue weighted by Crippen LogP contribution is 2.39. The summed E-state index contributed by atoms with van der Waals surface area (Å²) in [5.74, 6) is -0.673. The molecule has 1 heterocycles. The van der Waals surface area contributed by atoms with Crippen LogP contribution in [0.3, 0.4) is 0 Å². The highest BCUT2D eigenvalue weighted by Gasteiger charge is 2.45. The number of benzene rings is 2. The number of amides is 1. The van der Waals surface area contributed by atoms with E-state index in [1.807, 2.05) is 38.1 Å². The summed E-state index contributed by atoms with van der Waals surface area (Å²) in [4.78, 5) is 28.9. The molecule has 1 aliphatic heterocycles. The molecule has 31 heavy (non-hydrogen) atoms. The fourth-order valence-corrected chi connectivity index (χ4v) is 3.99. The van der Waals surface area contributed by atoms with E-state index >= 15 is 0 Å². The molecule has 164 valence electrons. The molecule has 1 saturated heterocycles. The zero-order valence-electron chi connectivity index (χ0n) is 18.9. The molecular weight excluding hydrogens is 392 g/mol. The maximum absolute atomic E-state index is 13.0. The average molecular weight is 424 g/mol. The van der Waals surface area contributed by atoms with Crippen LogP contribution in [0.4, 0.5) is 0 Å². The van der Waals surface area contributed by atoms with Crippen molar-refractivity contribution in [2.24, 2.45) is 0 Å². The van der Waals surface area contributed by atoms with Crippen LogP contribution in [-0.4, -0.2) is 56.0 Å². The molecule has 1 amide bonds. The fourth-order valence-electron chi connectivity index (χ4n) is 3.99. The predicted molar refractivity (Wildman–Crippen MR) is 120 cm³/mol. The van der Waals surface area contributed by atoms with Crippen molar-refractivity contribution in [3.63, 3.8) is 0 Å². The minimum absolute atomic E-state index is 0.135. The van der Waals surface area contributed by atoms with Gasteiger partial charge in [-0.1, -0.05) is 29.8 Å². The largest absolute Gasteiger partial charge is 0.507 e. The van der Waals surface area contributed by atoms with Crippen LogP contribution in [0.15, 0.2) is 48.0 Å². The first kappa shape index (κ1) is 22.6. The van der Waals surface area contributed by atoms with Crippen LogP contribution in [0.25, 0.3) is 5.76 Å². The molecule has 0 aliphatic carbocycles. The highest BCUT2D eigenvalue weighted by molar-refractivity contribution is 6.46. The lowest BCUT2D eigenvalue weighted by atomic mass is 9.94. The number of Topliss-reactive ketones (excluding diaryl/α,β-unsaturated/α-hetero) is 1. The van der Waals surface area contributed by atoms with Crippen molar-refractivity contribution >= 4 is 17.4 Å². The van der Waals surface area contributed by atoms with Crippen molar-refractivity contribution in [1.82, 2.24) is 4.90 Å². The van der Waals surface area contributed by atoms with Gasteiger partial charge in [-0.05, 0) is 43.2 Å². The predicted octanol–water partition coefficient (Wildman–Crippen LogP) is 2.27. The average Bonchev–Trinajstić information content (AvgIpc) is 2.98. The Bertz CT molecular complexity index is 1010. The third-order valence-electron chi connectivity index (χ3n) is 5.68. The minimum atomic E-state index is -0.645. The molecular formula is C25H31N2O4+. The smallest absolute Gasteiger partial charge is 0.295 e. The number of rotatable bonds is 7.